The van der Waals surface area contributed by atoms with E-state index in [0.717, 1.165) is 0 Å². The van der Waals surface area contributed by atoms with Gasteiger partial charge >= 0.3 is 51.4 Å². The molecule has 50 valence electrons. The first-order valence-electron chi connectivity index (χ1n) is 2.10. The molecule has 0 aliphatic rings. The Balaban J connectivity index is 0. The van der Waals surface area contributed by atoms with Crippen molar-refractivity contribution in [2.75, 3.05) is 11.5 Å². The van der Waals surface area contributed by atoms with Crippen LogP contribution in [0, 0.1) is 0 Å². The van der Waals surface area contributed by atoms with Crippen LogP contribution in [0.2, 0.25) is 0 Å². The fraction of sp³-hybridized carbons (Fsp3) is 1.00. The van der Waals surface area contributed by atoms with Gasteiger partial charge in [-0.1, -0.05) is 0 Å². The molecule has 9 heavy (non-hydrogen) atoms. The summed E-state index contributed by atoms with van der Waals surface area (Å²) in [5, 5.41) is 0. The van der Waals surface area contributed by atoms with Crippen molar-refractivity contribution in [2.24, 2.45) is 0 Å². The normalized spacial score (nSPS) is 10.4. The van der Waals surface area contributed by atoms with Gasteiger partial charge in [0.1, 0.15) is 0 Å². The molecular weight excluding hydrogens is 187 g/mol. The molecule has 0 aliphatic carbocycles. The molecule has 0 fully saturated rings. The van der Waals surface area contributed by atoms with Crippen LogP contribution in [-0.2, 0) is 10.1 Å². The second-order valence-electron chi connectivity index (χ2n) is 1.34. The first-order valence-corrected chi connectivity index (χ1v) is 4.31. The molecule has 0 saturated carbocycles. The topological polar surface area (TPSA) is 57.2 Å². The molecule has 0 aromatic heterocycles. The Morgan fingerprint density at radius 1 is 1.44 bits per heavy atom. The third-order valence-electron chi connectivity index (χ3n) is 0.552. The van der Waals surface area contributed by atoms with Crippen LogP contribution in [0.4, 0.5) is 0 Å². The Kier molecular flexibility index (Phi) is 9.88. The van der Waals surface area contributed by atoms with Crippen LogP contribution in [0.3, 0.4) is 0 Å². The van der Waals surface area contributed by atoms with Gasteiger partial charge in [0.25, 0.3) is 0 Å². The van der Waals surface area contributed by atoms with E-state index in [0.29, 0.717) is 12.2 Å². The molecule has 0 atom stereocenters. The van der Waals surface area contributed by atoms with E-state index < -0.39 is 10.1 Å². The Labute approximate surface area is 103 Å². The minimum atomic E-state index is -3.99. The maximum absolute atomic E-state index is 9.80. The summed E-state index contributed by atoms with van der Waals surface area (Å²) in [7, 11) is -3.99. The van der Waals surface area contributed by atoms with E-state index >= 15 is 0 Å². The predicted molar refractivity (Wildman–Crippen MR) is 33.0 cm³/mol. The first-order chi connectivity index (χ1) is 3.56. The zero-order chi connectivity index (χ0) is 6.62. The van der Waals surface area contributed by atoms with Crippen LogP contribution in [0.1, 0.15) is 6.42 Å². The van der Waals surface area contributed by atoms with Crippen LogP contribution in [0.15, 0.2) is 0 Å². The SMILES string of the molecule is O=S(=O)([O-])CCCS.[K+]. The molecule has 0 bridgehead atoms. The van der Waals surface area contributed by atoms with E-state index in [9.17, 15) is 13.0 Å². The largest absolute Gasteiger partial charge is 1.00 e. The van der Waals surface area contributed by atoms with Gasteiger partial charge in [-0.2, -0.15) is 12.6 Å². The van der Waals surface area contributed by atoms with Gasteiger partial charge in [-0.05, 0) is 12.2 Å². The summed E-state index contributed by atoms with van der Waals surface area (Å²) in [6.07, 6.45) is 0.342. The smallest absolute Gasteiger partial charge is 0.748 e. The van der Waals surface area contributed by atoms with Gasteiger partial charge in [0, 0.05) is 5.75 Å². The zero-order valence-electron chi connectivity index (χ0n) is 5.20. The quantitative estimate of drug-likeness (QED) is 0.293. The van der Waals surface area contributed by atoms with Gasteiger partial charge in [0.05, 0.1) is 10.1 Å². The van der Waals surface area contributed by atoms with Crippen LogP contribution >= 0.6 is 12.6 Å². The maximum Gasteiger partial charge on any atom is 1.00 e. The Bertz CT molecular complexity index is 141. The van der Waals surface area contributed by atoms with E-state index in [1.54, 1.807) is 0 Å². The molecule has 0 saturated heterocycles. The summed E-state index contributed by atoms with van der Waals surface area (Å²) in [5.41, 5.74) is 0. The summed E-state index contributed by atoms with van der Waals surface area (Å²) in [5.74, 6) is 0.151. The molecule has 0 amide bonds. The number of thiol groups is 1. The van der Waals surface area contributed by atoms with Crippen LogP contribution in [0.5, 0.6) is 0 Å². The van der Waals surface area contributed by atoms with Crippen molar-refractivity contribution in [2.45, 2.75) is 6.42 Å². The van der Waals surface area contributed by atoms with Gasteiger partial charge in [-0.15, -0.1) is 0 Å². The van der Waals surface area contributed by atoms with Crippen molar-refractivity contribution in [3.05, 3.63) is 0 Å². The molecule has 3 nitrogen and oxygen atoms in total. The van der Waals surface area contributed by atoms with Crippen molar-refractivity contribution in [1.29, 1.82) is 0 Å². The van der Waals surface area contributed by atoms with Crippen LogP contribution in [-0.4, -0.2) is 24.5 Å². The van der Waals surface area contributed by atoms with Crippen LogP contribution < -0.4 is 51.4 Å². The summed E-state index contributed by atoms with van der Waals surface area (Å²) < 4.78 is 29.4. The monoisotopic (exact) mass is 194 g/mol. The minimum absolute atomic E-state index is 0. The fourth-order valence-corrected chi connectivity index (χ4v) is 1.11. The molecule has 6 heteroatoms. The molecule has 0 heterocycles. The molecule has 0 unspecified atom stereocenters. The summed E-state index contributed by atoms with van der Waals surface area (Å²) in [4.78, 5) is 0. The van der Waals surface area contributed by atoms with Gasteiger partial charge in [-0.25, -0.2) is 8.42 Å². The first kappa shape index (κ1) is 13.5. The van der Waals surface area contributed by atoms with Crippen molar-refractivity contribution in [3.63, 3.8) is 0 Å². The molecule has 0 radical (unpaired) electrons. The fourth-order valence-electron chi connectivity index (χ4n) is 0.241. The molecular formula is C3H7KO3S2. The maximum atomic E-state index is 9.80. The number of rotatable bonds is 3. The molecule has 0 aromatic rings. The van der Waals surface area contributed by atoms with Gasteiger partial charge in [0.2, 0.25) is 0 Å². The Hall–Kier alpha value is 1.90. The molecule has 0 aliphatic heterocycles. The van der Waals surface area contributed by atoms with E-state index in [4.69, 9.17) is 0 Å². The van der Waals surface area contributed by atoms with Crippen LogP contribution in [0.25, 0.3) is 0 Å². The van der Waals surface area contributed by atoms with Gasteiger partial charge in [0.15, 0.2) is 0 Å². The van der Waals surface area contributed by atoms with Crippen molar-refractivity contribution in [1.82, 2.24) is 0 Å². The van der Waals surface area contributed by atoms with Gasteiger partial charge in [-0.3, -0.25) is 0 Å². The predicted octanol–water partition coefficient (Wildman–Crippen LogP) is -3.14. The third kappa shape index (κ3) is 13.0. The minimum Gasteiger partial charge on any atom is -0.748 e. The second-order valence-corrected chi connectivity index (χ2v) is 3.31. The standard InChI is InChI=1S/C3H8O3S2.K/c4-8(5,6)3-1-2-7;/h7H,1-3H2,(H,4,5,6);/q;+1/p-1. The van der Waals surface area contributed by atoms with E-state index in [2.05, 4.69) is 12.6 Å². The Morgan fingerprint density at radius 3 is 2.00 bits per heavy atom. The van der Waals surface area contributed by atoms with Gasteiger partial charge < -0.3 is 4.55 Å². The van der Waals surface area contributed by atoms with Crippen molar-refractivity contribution >= 4 is 22.7 Å². The van der Waals surface area contributed by atoms with Crippen molar-refractivity contribution in [3.8, 4) is 0 Å². The average Bonchev–Trinajstić information content (AvgIpc) is 1.59. The van der Waals surface area contributed by atoms with E-state index in [1.165, 1.54) is 0 Å². The summed E-state index contributed by atoms with van der Waals surface area (Å²) in [6, 6.07) is 0. The van der Waals surface area contributed by atoms with Crippen molar-refractivity contribution < 1.29 is 64.4 Å². The molecule has 0 spiro atoms. The zero-order valence-corrected chi connectivity index (χ0v) is 10.0. The average molecular weight is 194 g/mol. The van der Waals surface area contributed by atoms with E-state index in [-0.39, 0.29) is 57.1 Å². The second kappa shape index (κ2) is 6.60. The third-order valence-corrected chi connectivity index (χ3v) is 1.66. The number of hydrogen-bond acceptors (Lipinski definition) is 4. The molecule has 0 aromatic carbocycles. The summed E-state index contributed by atoms with van der Waals surface area (Å²) in [6.45, 7) is 0. The molecule has 0 N–H and O–H groups in total. The number of hydrogen-bond donors (Lipinski definition) is 1. The Morgan fingerprint density at radius 2 is 1.89 bits per heavy atom. The molecule has 0 rings (SSSR count). The summed E-state index contributed by atoms with van der Waals surface area (Å²) >= 11 is 3.73. The van der Waals surface area contributed by atoms with E-state index in [1.807, 2.05) is 0 Å².